The number of anilines is 2. The summed E-state index contributed by atoms with van der Waals surface area (Å²) < 4.78 is 4.68. The van der Waals surface area contributed by atoms with Crippen molar-refractivity contribution >= 4 is 17.3 Å². The topological polar surface area (TPSA) is 64.3 Å². The highest BCUT2D eigenvalue weighted by atomic mass is 16.5. The molecule has 2 rings (SSSR count). The second-order valence-corrected chi connectivity index (χ2v) is 5.81. The number of methoxy groups -OCH3 is 1. The van der Waals surface area contributed by atoms with Crippen LogP contribution in [0, 0.1) is 11.8 Å². The van der Waals surface area contributed by atoms with Crippen LogP contribution in [-0.4, -0.2) is 19.6 Å². The fourth-order valence-electron chi connectivity index (χ4n) is 2.97. The molecule has 110 valence electrons. The monoisotopic (exact) mass is 276 g/mol. The van der Waals surface area contributed by atoms with Gasteiger partial charge in [0.05, 0.1) is 24.0 Å². The molecule has 0 bridgehead atoms. The first-order valence-corrected chi connectivity index (χ1v) is 7.32. The third-order valence-electron chi connectivity index (χ3n) is 4.10. The zero-order chi connectivity index (χ0) is 14.5. The van der Waals surface area contributed by atoms with Crippen molar-refractivity contribution in [1.82, 2.24) is 0 Å². The molecule has 0 radical (unpaired) electrons. The van der Waals surface area contributed by atoms with Gasteiger partial charge in [-0.3, -0.25) is 0 Å². The van der Waals surface area contributed by atoms with Gasteiger partial charge in [0.15, 0.2) is 0 Å². The number of rotatable bonds is 4. The Balaban J connectivity index is 1.94. The minimum absolute atomic E-state index is 0.357. The first kappa shape index (κ1) is 14.7. The van der Waals surface area contributed by atoms with Crippen molar-refractivity contribution in [2.45, 2.75) is 32.6 Å². The molecule has 0 aliphatic heterocycles. The maximum Gasteiger partial charge on any atom is 0.337 e. The lowest BCUT2D eigenvalue weighted by molar-refractivity contribution is 0.0601. The smallest absolute Gasteiger partial charge is 0.337 e. The molecule has 2 atom stereocenters. The summed E-state index contributed by atoms with van der Waals surface area (Å²) >= 11 is 0. The number of hydrogen-bond acceptors (Lipinski definition) is 4. The Labute approximate surface area is 120 Å². The average Bonchev–Trinajstić information content (AvgIpc) is 2.45. The second-order valence-electron chi connectivity index (χ2n) is 5.81. The molecule has 1 aliphatic carbocycles. The van der Waals surface area contributed by atoms with Gasteiger partial charge in [-0.15, -0.1) is 0 Å². The van der Waals surface area contributed by atoms with E-state index >= 15 is 0 Å². The Morgan fingerprint density at radius 2 is 2.25 bits per heavy atom. The Bertz CT molecular complexity index is 474. The van der Waals surface area contributed by atoms with Gasteiger partial charge in [0.2, 0.25) is 0 Å². The molecule has 0 spiro atoms. The zero-order valence-electron chi connectivity index (χ0n) is 12.3. The van der Waals surface area contributed by atoms with E-state index in [-0.39, 0.29) is 5.97 Å². The van der Waals surface area contributed by atoms with E-state index in [1.165, 1.54) is 32.8 Å². The highest BCUT2D eigenvalue weighted by molar-refractivity contribution is 5.91. The normalized spacial score (nSPS) is 22.3. The summed E-state index contributed by atoms with van der Waals surface area (Å²) in [4.78, 5) is 11.4. The van der Waals surface area contributed by atoms with Crippen molar-refractivity contribution in [2.24, 2.45) is 11.8 Å². The Morgan fingerprint density at radius 3 is 2.90 bits per heavy atom. The van der Waals surface area contributed by atoms with Gasteiger partial charge in [-0.25, -0.2) is 4.79 Å². The number of esters is 1. The molecule has 1 saturated carbocycles. The summed E-state index contributed by atoms with van der Waals surface area (Å²) in [5.74, 6) is 1.19. The molecule has 1 aliphatic rings. The van der Waals surface area contributed by atoms with Crippen LogP contribution in [0.1, 0.15) is 43.0 Å². The van der Waals surface area contributed by atoms with Crippen molar-refractivity contribution in [3.8, 4) is 0 Å². The van der Waals surface area contributed by atoms with E-state index in [1.54, 1.807) is 12.1 Å². The first-order chi connectivity index (χ1) is 9.60. The zero-order valence-corrected chi connectivity index (χ0v) is 12.3. The van der Waals surface area contributed by atoms with Crippen molar-refractivity contribution in [1.29, 1.82) is 0 Å². The summed E-state index contributed by atoms with van der Waals surface area (Å²) in [5.41, 5.74) is 7.97. The Kier molecular flexibility index (Phi) is 4.88. The number of hydrogen-bond donors (Lipinski definition) is 2. The third kappa shape index (κ3) is 3.65. The predicted octanol–water partition coefficient (Wildman–Crippen LogP) is 3.29. The molecule has 1 aromatic rings. The van der Waals surface area contributed by atoms with Gasteiger partial charge >= 0.3 is 5.97 Å². The van der Waals surface area contributed by atoms with Crippen molar-refractivity contribution in [3.05, 3.63) is 23.8 Å². The number of carbonyl (C=O) groups is 1. The summed E-state index contributed by atoms with van der Waals surface area (Å²) in [7, 11) is 1.37. The number of carbonyl (C=O) groups excluding carboxylic acids is 1. The first-order valence-electron chi connectivity index (χ1n) is 7.32. The Hall–Kier alpha value is -1.71. The van der Waals surface area contributed by atoms with Crippen LogP contribution in [0.3, 0.4) is 0 Å². The number of nitrogen functional groups attached to an aromatic ring is 1. The molecular weight excluding hydrogens is 252 g/mol. The third-order valence-corrected chi connectivity index (χ3v) is 4.10. The molecule has 0 amide bonds. The van der Waals surface area contributed by atoms with E-state index in [1.807, 2.05) is 6.07 Å². The van der Waals surface area contributed by atoms with Crippen molar-refractivity contribution in [2.75, 3.05) is 24.7 Å². The van der Waals surface area contributed by atoms with Crippen LogP contribution in [0.2, 0.25) is 0 Å². The maximum atomic E-state index is 11.4. The van der Waals surface area contributed by atoms with E-state index in [4.69, 9.17) is 5.73 Å². The lowest BCUT2D eigenvalue weighted by atomic mass is 9.82. The van der Waals surface area contributed by atoms with Gasteiger partial charge in [-0.2, -0.15) is 0 Å². The molecule has 20 heavy (non-hydrogen) atoms. The molecule has 0 saturated heterocycles. The molecule has 0 heterocycles. The van der Waals surface area contributed by atoms with Crippen molar-refractivity contribution < 1.29 is 9.53 Å². The molecule has 2 unspecified atom stereocenters. The molecular formula is C16H24N2O2. The van der Waals surface area contributed by atoms with E-state index in [9.17, 15) is 4.79 Å². The predicted molar refractivity (Wildman–Crippen MR) is 81.8 cm³/mol. The minimum atomic E-state index is -0.357. The van der Waals surface area contributed by atoms with Crippen LogP contribution < -0.4 is 11.1 Å². The van der Waals surface area contributed by atoms with Crippen molar-refractivity contribution in [3.63, 3.8) is 0 Å². The van der Waals surface area contributed by atoms with Crippen LogP contribution in [0.25, 0.3) is 0 Å². The van der Waals surface area contributed by atoms with Gasteiger partial charge in [0, 0.05) is 6.54 Å². The summed E-state index contributed by atoms with van der Waals surface area (Å²) in [6, 6.07) is 5.26. The fourth-order valence-corrected chi connectivity index (χ4v) is 2.97. The lowest BCUT2D eigenvalue weighted by Crippen LogP contribution is -2.21. The summed E-state index contributed by atoms with van der Waals surface area (Å²) in [6.45, 7) is 3.28. The van der Waals surface area contributed by atoms with Crippen LogP contribution >= 0.6 is 0 Å². The largest absolute Gasteiger partial charge is 0.465 e. The van der Waals surface area contributed by atoms with E-state index in [2.05, 4.69) is 17.0 Å². The van der Waals surface area contributed by atoms with Gasteiger partial charge in [0.25, 0.3) is 0 Å². The number of nitrogens with two attached hydrogens (primary N) is 1. The molecule has 4 heteroatoms. The molecule has 4 nitrogen and oxygen atoms in total. The standard InChI is InChI=1S/C16H24N2O2/c1-11-4-3-5-12(8-11)10-18-15-7-6-13(9-14(15)17)16(19)20-2/h6-7,9,11-12,18H,3-5,8,10,17H2,1-2H3. The minimum Gasteiger partial charge on any atom is -0.465 e. The highest BCUT2D eigenvalue weighted by Gasteiger charge is 2.18. The van der Waals surface area contributed by atoms with Crippen LogP contribution in [0.5, 0.6) is 0 Å². The van der Waals surface area contributed by atoms with E-state index < -0.39 is 0 Å². The fraction of sp³-hybridized carbons (Fsp3) is 0.562. The van der Waals surface area contributed by atoms with Gasteiger partial charge in [-0.1, -0.05) is 19.8 Å². The van der Waals surface area contributed by atoms with E-state index in [0.717, 1.165) is 24.1 Å². The van der Waals surface area contributed by atoms with Crippen LogP contribution in [-0.2, 0) is 4.74 Å². The SMILES string of the molecule is COC(=O)c1ccc(NCC2CCCC(C)C2)c(N)c1. The highest BCUT2D eigenvalue weighted by Crippen LogP contribution is 2.29. The number of ether oxygens (including phenoxy) is 1. The molecule has 1 fully saturated rings. The average molecular weight is 276 g/mol. The maximum absolute atomic E-state index is 11.4. The summed E-state index contributed by atoms with van der Waals surface area (Å²) in [5, 5.41) is 3.41. The molecule has 0 aromatic heterocycles. The Morgan fingerprint density at radius 1 is 1.45 bits per heavy atom. The van der Waals surface area contributed by atoms with Crippen LogP contribution in [0.4, 0.5) is 11.4 Å². The van der Waals surface area contributed by atoms with E-state index in [0.29, 0.717) is 11.3 Å². The quantitative estimate of drug-likeness (QED) is 0.654. The molecule has 1 aromatic carbocycles. The van der Waals surface area contributed by atoms with Gasteiger partial charge in [0.1, 0.15) is 0 Å². The molecule has 3 N–H and O–H groups in total. The van der Waals surface area contributed by atoms with Gasteiger partial charge < -0.3 is 15.8 Å². The number of benzene rings is 1. The second kappa shape index (κ2) is 6.64. The van der Waals surface area contributed by atoms with Crippen LogP contribution in [0.15, 0.2) is 18.2 Å². The lowest BCUT2D eigenvalue weighted by Gasteiger charge is -2.27. The van der Waals surface area contributed by atoms with Gasteiger partial charge in [-0.05, 0) is 42.9 Å². The number of nitrogens with one attached hydrogen (secondary N) is 1. The summed E-state index contributed by atoms with van der Waals surface area (Å²) in [6.07, 6.45) is 5.25.